The van der Waals surface area contributed by atoms with Crippen molar-refractivity contribution in [2.24, 2.45) is 5.92 Å². The minimum Gasteiger partial charge on any atom is -0.324 e. The quantitative estimate of drug-likeness (QED) is 0.501. The van der Waals surface area contributed by atoms with Crippen molar-refractivity contribution >= 4 is 27.0 Å². The Balaban J connectivity index is 1.79. The van der Waals surface area contributed by atoms with E-state index in [1.54, 1.807) is 0 Å². The third-order valence-electron chi connectivity index (χ3n) is 4.95. The predicted octanol–water partition coefficient (Wildman–Crippen LogP) is 6.29. The van der Waals surface area contributed by atoms with Crippen LogP contribution in [0.5, 0.6) is 0 Å². The SMILES string of the molecule is FC1(F)CCCC(Cn2c(-c3ccccc3Br)nc3ccccc32)C1. The predicted molar refractivity (Wildman–Crippen MR) is 99.8 cm³/mol. The maximum atomic E-state index is 13.9. The summed E-state index contributed by atoms with van der Waals surface area (Å²) in [5.41, 5.74) is 2.89. The Hall–Kier alpha value is -1.75. The fourth-order valence-electron chi connectivity index (χ4n) is 3.80. The molecule has 2 aromatic carbocycles. The summed E-state index contributed by atoms with van der Waals surface area (Å²) in [6.45, 7) is 0.576. The molecule has 0 radical (unpaired) electrons. The van der Waals surface area contributed by atoms with Gasteiger partial charge in [-0.05, 0) is 37.0 Å². The molecule has 3 aromatic rings. The van der Waals surface area contributed by atoms with E-state index < -0.39 is 5.92 Å². The smallest absolute Gasteiger partial charge is 0.248 e. The summed E-state index contributed by atoms with van der Waals surface area (Å²) >= 11 is 3.59. The van der Waals surface area contributed by atoms with Crippen LogP contribution in [0.4, 0.5) is 8.78 Å². The largest absolute Gasteiger partial charge is 0.324 e. The standard InChI is InChI=1S/C20H19BrF2N2/c21-16-8-2-1-7-15(16)19-24-17-9-3-4-10-18(17)25(19)13-14-6-5-11-20(22,23)12-14/h1-4,7-10,14H,5-6,11-13H2. The van der Waals surface area contributed by atoms with Crippen molar-refractivity contribution in [1.29, 1.82) is 0 Å². The Morgan fingerprint density at radius 2 is 1.88 bits per heavy atom. The number of hydrogen-bond acceptors (Lipinski definition) is 1. The van der Waals surface area contributed by atoms with Crippen LogP contribution in [0.3, 0.4) is 0 Å². The topological polar surface area (TPSA) is 17.8 Å². The first-order chi connectivity index (χ1) is 12.0. The first-order valence-corrected chi connectivity index (χ1v) is 9.41. The fourth-order valence-corrected chi connectivity index (χ4v) is 4.26. The van der Waals surface area contributed by atoms with Crippen LogP contribution < -0.4 is 0 Å². The maximum absolute atomic E-state index is 13.9. The molecule has 1 atom stereocenters. The number of halogens is 3. The van der Waals surface area contributed by atoms with Gasteiger partial charge in [0.1, 0.15) is 5.82 Å². The van der Waals surface area contributed by atoms with Gasteiger partial charge in [-0.2, -0.15) is 0 Å². The summed E-state index contributed by atoms with van der Waals surface area (Å²) in [5, 5.41) is 0. The number of benzene rings is 2. The number of rotatable bonds is 3. The molecule has 2 nitrogen and oxygen atoms in total. The minimum atomic E-state index is -2.53. The van der Waals surface area contributed by atoms with Crippen LogP contribution in [-0.4, -0.2) is 15.5 Å². The normalized spacial score (nSPS) is 20.0. The van der Waals surface area contributed by atoms with E-state index in [0.717, 1.165) is 33.3 Å². The van der Waals surface area contributed by atoms with E-state index in [-0.39, 0.29) is 18.8 Å². The number of nitrogens with zero attached hydrogens (tertiary/aromatic N) is 2. The maximum Gasteiger partial charge on any atom is 0.248 e. The Labute approximate surface area is 154 Å². The lowest BCUT2D eigenvalue weighted by Crippen LogP contribution is -2.28. The molecule has 1 saturated carbocycles. The summed E-state index contributed by atoms with van der Waals surface area (Å²) in [6, 6.07) is 15.8. The zero-order valence-electron chi connectivity index (χ0n) is 13.8. The Kier molecular flexibility index (Phi) is 4.36. The first kappa shape index (κ1) is 16.7. The highest BCUT2D eigenvalue weighted by Crippen LogP contribution is 2.39. The Morgan fingerprint density at radius 3 is 2.68 bits per heavy atom. The molecule has 25 heavy (non-hydrogen) atoms. The van der Waals surface area contributed by atoms with Gasteiger partial charge < -0.3 is 4.57 Å². The van der Waals surface area contributed by atoms with Crippen LogP contribution in [0.15, 0.2) is 53.0 Å². The molecule has 1 fully saturated rings. The number of fused-ring (bicyclic) bond motifs is 1. The van der Waals surface area contributed by atoms with Crippen LogP contribution >= 0.6 is 15.9 Å². The first-order valence-electron chi connectivity index (χ1n) is 8.61. The van der Waals surface area contributed by atoms with E-state index in [9.17, 15) is 8.78 Å². The molecule has 1 heterocycles. The summed E-state index contributed by atoms with van der Waals surface area (Å²) in [4.78, 5) is 4.79. The van der Waals surface area contributed by atoms with Crippen molar-refractivity contribution in [3.8, 4) is 11.4 Å². The Bertz CT molecular complexity index is 904. The molecule has 1 aliphatic rings. The van der Waals surface area contributed by atoms with Gasteiger partial charge in [0.05, 0.1) is 11.0 Å². The van der Waals surface area contributed by atoms with E-state index in [0.29, 0.717) is 13.0 Å². The second-order valence-corrected chi connectivity index (χ2v) is 7.69. The van der Waals surface area contributed by atoms with Crippen LogP contribution in [0, 0.1) is 5.92 Å². The zero-order valence-corrected chi connectivity index (χ0v) is 15.3. The molecular weight excluding hydrogens is 386 g/mol. The lowest BCUT2D eigenvalue weighted by molar-refractivity contribution is -0.0545. The molecule has 0 saturated heterocycles. The summed E-state index contributed by atoms with van der Waals surface area (Å²) in [6.07, 6.45) is 1.42. The molecule has 4 rings (SSSR count). The highest BCUT2D eigenvalue weighted by atomic mass is 79.9. The average molecular weight is 405 g/mol. The van der Waals surface area contributed by atoms with Crippen LogP contribution in [0.25, 0.3) is 22.4 Å². The highest BCUT2D eigenvalue weighted by Gasteiger charge is 2.36. The summed E-state index contributed by atoms with van der Waals surface area (Å²) in [5.74, 6) is -1.72. The second kappa shape index (κ2) is 6.52. The van der Waals surface area contributed by atoms with E-state index in [2.05, 4.69) is 20.5 Å². The molecule has 5 heteroatoms. The molecule has 0 amide bonds. The molecular formula is C20H19BrF2N2. The molecule has 0 N–H and O–H groups in total. The van der Waals surface area contributed by atoms with Crippen LogP contribution in [0.2, 0.25) is 0 Å². The van der Waals surface area contributed by atoms with Gasteiger partial charge in [-0.15, -0.1) is 0 Å². The van der Waals surface area contributed by atoms with E-state index in [1.807, 2.05) is 48.5 Å². The van der Waals surface area contributed by atoms with Gasteiger partial charge in [0.2, 0.25) is 5.92 Å². The average Bonchev–Trinajstić information content (AvgIpc) is 2.93. The third-order valence-corrected chi connectivity index (χ3v) is 5.64. The second-order valence-electron chi connectivity index (χ2n) is 6.83. The Morgan fingerprint density at radius 1 is 1.12 bits per heavy atom. The van der Waals surface area contributed by atoms with Crippen molar-refractivity contribution in [3.05, 3.63) is 53.0 Å². The van der Waals surface area contributed by atoms with Crippen molar-refractivity contribution < 1.29 is 8.78 Å². The summed E-state index contributed by atoms with van der Waals surface area (Å²) in [7, 11) is 0. The minimum absolute atomic E-state index is 0.0191. The molecule has 0 bridgehead atoms. The van der Waals surface area contributed by atoms with Gasteiger partial charge in [0, 0.05) is 29.4 Å². The highest BCUT2D eigenvalue weighted by molar-refractivity contribution is 9.10. The van der Waals surface area contributed by atoms with Crippen molar-refractivity contribution in [3.63, 3.8) is 0 Å². The molecule has 1 aromatic heterocycles. The number of aromatic nitrogens is 2. The van der Waals surface area contributed by atoms with Crippen molar-refractivity contribution in [1.82, 2.24) is 9.55 Å². The molecule has 130 valence electrons. The zero-order chi connectivity index (χ0) is 17.4. The molecule has 0 spiro atoms. The number of hydrogen-bond donors (Lipinski definition) is 0. The van der Waals surface area contributed by atoms with Gasteiger partial charge in [0.15, 0.2) is 0 Å². The number of para-hydroxylation sites is 2. The van der Waals surface area contributed by atoms with Gasteiger partial charge >= 0.3 is 0 Å². The van der Waals surface area contributed by atoms with E-state index in [1.165, 1.54) is 0 Å². The number of imidazole rings is 1. The molecule has 1 unspecified atom stereocenters. The summed E-state index contributed by atoms with van der Waals surface area (Å²) < 4.78 is 30.8. The van der Waals surface area contributed by atoms with Gasteiger partial charge in [-0.1, -0.05) is 46.3 Å². The third kappa shape index (κ3) is 3.34. The van der Waals surface area contributed by atoms with E-state index in [4.69, 9.17) is 4.98 Å². The lowest BCUT2D eigenvalue weighted by atomic mass is 9.86. The van der Waals surface area contributed by atoms with Crippen LogP contribution in [0.1, 0.15) is 25.7 Å². The fraction of sp³-hybridized carbons (Fsp3) is 0.350. The number of alkyl halides is 2. The molecule has 1 aliphatic carbocycles. The molecule has 0 aliphatic heterocycles. The van der Waals surface area contributed by atoms with Crippen LogP contribution in [-0.2, 0) is 6.54 Å². The van der Waals surface area contributed by atoms with Crippen molar-refractivity contribution in [2.75, 3.05) is 0 Å². The van der Waals surface area contributed by atoms with E-state index >= 15 is 0 Å². The van der Waals surface area contributed by atoms with Gasteiger partial charge in [-0.25, -0.2) is 13.8 Å². The monoisotopic (exact) mass is 404 g/mol. The van der Waals surface area contributed by atoms with Gasteiger partial charge in [-0.3, -0.25) is 0 Å². The van der Waals surface area contributed by atoms with Crippen molar-refractivity contribution in [2.45, 2.75) is 38.2 Å². The lowest BCUT2D eigenvalue weighted by Gasteiger charge is -2.29. The van der Waals surface area contributed by atoms with Gasteiger partial charge in [0.25, 0.3) is 0 Å².